The minimum atomic E-state index is -0.126. The average molecular weight is 266 g/mol. The van der Waals surface area contributed by atoms with Crippen LogP contribution < -0.4 is 10.6 Å². The zero-order chi connectivity index (χ0) is 14.3. The van der Waals surface area contributed by atoms with Crippen molar-refractivity contribution in [2.24, 2.45) is 5.73 Å². The Morgan fingerprint density at radius 1 is 1.16 bits per heavy atom. The van der Waals surface area contributed by atoms with Crippen LogP contribution in [0.5, 0.6) is 0 Å². The highest BCUT2D eigenvalue weighted by molar-refractivity contribution is 5.54. The smallest absolute Gasteiger partial charge is 0.128 e. The normalized spacial score (nSPS) is 12.5. The maximum absolute atomic E-state index is 14.1. The van der Waals surface area contributed by atoms with Gasteiger partial charge in [-0.25, -0.2) is 4.39 Å². The van der Waals surface area contributed by atoms with Gasteiger partial charge in [-0.15, -0.1) is 0 Å². The predicted molar refractivity (Wildman–Crippen MR) is 81.2 cm³/mol. The molecule has 3 heteroatoms. The summed E-state index contributed by atoms with van der Waals surface area (Å²) in [5, 5.41) is 0. The van der Waals surface area contributed by atoms with Gasteiger partial charge in [0.25, 0.3) is 0 Å². The molecule has 0 saturated heterocycles. The minimum Gasteiger partial charge on any atom is -0.371 e. The van der Waals surface area contributed by atoms with Crippen LogP contribution in [0.15, 0.2) is 18.2 Å². The van der Waals surface area contributed by atoms with E-state index < -0.39 is 0 Å². The van der Waals surface area contributed by atoms with Crippen molar-refractivity contribution >= 4 is 5.69 Å². The third-order valence-electron chi connectivity index (χ3n) is 3.41. The number of rotatable bonds is 8. The van der Waals surface area contributed by atoms with Gasteiger partial charge in [-0.3, -0.25) is 0 Å². The molecule has 0 amide bonds. The predicted octanol–water partition coefficient (Wildman–Crippen LogP) is 3.73. The first kappa shape index (κ1) is 16.0. The van der Waals surface area contributed by atoms with E-state index in [1.807, 2.05) is 13.0 Å². The first-order valence-electron chi connectivity index (χ1n) is 7.41. The van der Waals surface area contributed by atoms with Crippen molar-refractivity contribution in [1.82, 2.24) is 0 Å². The zero-order valence-corrected chi connectivity index (χ0v) is 12.5. The van der Waals surface area contributed by atoms with Crippen molar-refractivity contribution < 1.29 is 4.39 Å². The molecule has 1 atom stereocenters. The lowest BCUT2D eigenvalue weighted by Crippen LogP contribution is -2.28. The summed E-state index contributed by atoms with van der Waals surface area (Å²) in [6.07, 6.45) is 3.61. The number of anilines is 1. The molecule has 2 nitrogen and oxygen atoms in total. The Kier molecular flexibility index (Phi) is 6.85. The molecule has 0 spiro atoms. The SMILES string of the molecule is CCCN(CCC)c1cccc(F)c1CC(N)CC. The molecule has 0 fully saturated rings. The number of nitrogens with two attached hydrogens (primary N) is 1. The quantitative estimate of drug-likeness (QED) is 0.777. The zero-order valence-electron chi connectivity index (χ0n) is 12.5. The van der Waals surface area contributed by atoms with Gasteiger partial charge >= 0.3 is 0 Å². The second-order valence-corrected chi connectivity index (χ2v) is 5.10. The molecule has 0 radical (unpaired) electrons. The molecule has 0 heterocycles. The molecule has 1 rings (SSSR count). The van der Waals surface area contributed by atoms with Gasteiger partial charge in [-0.2, -0.15) is 0 Å². The maximum atomic E-state index is 14.1. The van der Waals surface area contributed by atoms with E-state index in [4.69, 9.17) is 5.73 Å². The van der Waals surface area contributed by atoms with Gasteiger partial charge in [-0.1, -0.05) is 26.8 Å². The molecule has 0 aliphatic rings. The fourth-order valence-corrected chi connectivity index (χ4v) is 2.34. The van der Waals surface area contributed by atoms with Gasteiger partial charge in [0.15, 0.2) is 0 Å². The first-order chi connectivity index (χ1) is 9.13. The van der Waals surface area contributed by atoms with E-state index in [0.717, 1.165) is 43.6 Å². The van der Waals surface area contributed by atoms with Crippen LogP contribution in [0.4, 0.5) is 10.1 Å². The van der Waals surface area contributed by atoms with Crippen LogP contribution >= 0.6 is 0 Å². The van der Waals surface area contributed by atoms with Crippen LogP contribution in [-0.4, -0.2) is 19.1 Å². The first-order valence-corrected chi connectivity index (χ1v) is 7.41. The number of nitrogens with zero attached hydrogens (tertiary/aromatic N) is 1. The Morgan fingerprint density at radius 2 is 1.79 bits per heavy atom. The Bertz CT molecular complexity index is 373. The lowest BCUT2D eigenvalue weighted by atomic mass is 10.0. The number of benzene rings is 1. The van der Waals surface area contributed by atoms with E-state index in [-0.39, 0.29) is 11.9 Å². The molecule has 2 N–H and O–H groups in total. The van der Waals surface area contributed by atoms with Crippen LogP contribution in [0.1, 0.15) is 45.6 Å². The van der Waals surface area contributed by atoms with Crippen molar-refractivity contribution in [1.29, 1.82) is 0 Å². The largest absolute Gasteiger partial charge is 0.371 e. The molecule has 1 aromatic carbocycles. The Balaban J connectivity index is 3.06. The van der Waals surface area contributed by atoms with Crippen molar-refractivity contribution in [3.8, 4) is 0 Å². The number of hydrogen-bond donors (Lipinski definition) is 1. The third-order valence-corrected chi connectivity index (χ3v) is 3.41. The summed E-state index contributed by atoms with van der Waals surface area (Å²) in [5.41, 5.74) is 7.80. The molecule has 0 aromatic heterocycles. The molecule has 0 aliphatic carbocycles. The van der Waals surface area contributed by atoms with Crippen molar-refractivity contribution in [2.75, 3.05) is 18.0 Å². The van der Waals surface area contributed by atoms with E-state index in [2.05, 4.69) is 18.7 Å². The summed E-state index contributed by atoms with van der Waals surface area (Å²) in [4.78, 5) is 2.28. The Morgan fingerprint density at radius 3 is 2.32 bits per heavy atom. The van der Waals surface area contributed by atoms with Gasteiger partial charge in [0.2, 0.25) is 0 Å². The van der Waals surface area contributed by atoms with E-state index in [1.54, 1.807) is 6.07 Å². The topological polar surface area (TPSA) is 29.3 Å². The second kappa shape index (κ2) is 8.16. The Labute approximate surface area is 116 Å². The fourth-order valence-electron chi connectivity index (χ4n) is 2.34. The number of hydrogen-bond acceptors (Lipinski definition) is 2. The summed E-state index contributed by atoms with van der Waals surface area (Å²) in [6, 6.07) is 5.38. The lowest BCUT2D eigenvalue weighted by molar-refractivity contribution is 0.576. The van der Waals surface area contributed by atoms with E-state index in [9.17, 15) is 4.39 Å². The highest BCUT2D eigenvalue weighted by Gasteiger charge is 2.15. The van der Waals surface area contributed by atoms with Gasteiger partial charge in [0, 0.05) is 30.4 Å². The molecule has 0 aliphatic heterocycles. The molecular formula is C16H27FN2. The molecular weight excluding hydrogens is 239 g/mol. The van der Waals surface area contributed by atoms with Crippen LogP contribution in [-0.2, 0) is 6.42 Å². The third kappa shape index (κ3) is 4.50. The standard InChI is InChI=1S/C16H27FN2/c1-4-10-19(11-5-2)16-9-7-8-15(17)14(16)12-13(18)6-3/h7-9,13H,4-6,10-12,18H2,1-3H3. The molecule has 19 heavy (non-hydrogen) atoms. The Hall–Kier alpha value is -1.09. The van der Waals surface area contributed by atoms with E-state index >= 15 is 0 Å². The minimum absolute atomic E-state index is 0.0285. The van der Waals surface area contributed by atoms with E-state index in [1.165, 1.54) is 6.07 Å². The lowest BCUT2D eigenvalue weighted by Gasteiger charge is -2.27. The van der Waals surface area contributed by atoms with Crippen LogP contribution in [0, 0.1) is 5.82 Å². The second-order valence-electron chi connectivity index (χ2n) is 5.10. The summed E-state index contributed by atoms with van der Waals surface area (Å²) in [6.45, 7) is 8.27. The molecule has 1 aromatic rings. The average Bonchev–Trinajstić information content (AvgIpc) is 2.40. The summed E-state index contributed by atoms with van der Waals surface area (Å²) >= 11 is 0. The van der Waals surface area contributed by atoms with Gasteiger partial charge in [0.1, 0.15) is 5.82 Å². The van der Waals surface area contributed by atoms with Gasteiger partial charge in [0.05, 0.1) is 0 Å². The van der Waals surface area contributed by atoms with Crippen LogP contribution in [0.2, 0.25) is 0 Å². The van der Waals surface area contributed by atoms with E-state index in [0.29, 0.717) is 6.42 Å². The van der Waals surface area contributed by atoms with Crippen LogP contribution in [0.3, 0.4) is 0 Å². The van der Waals surface area contributed by atoms with Crippen LogP contribution in [0.25, 0.3) is 0 Å². The van der Waals surface area contributed by atoms with Crippen molar-refractivity contribution in [2.45, 2.75) is 52.5 Å². The molecule has 0 bridgehead atoms. The molecule has 1 unspecified atom stereocenters. The highest BCUT2D eigenvalue weighted by atomic mass is 19.1. The molecule has 108 valence electrons. The summed E-state index contributed by atoms with van der Waals surface area (Å²) in [7, 11) is 0. The maximum Gasteiger partial charge on any atom is 0.128 e. The molecule has 0 saturated carbocycles. The number of halogens is 1. The highest BCUT2D eigenvalue weighted by Crippen LogP contribution is 2.25. The summed E-state index contributed by atoms with van der Waals surface area (Å²) in [5.74, 6) is -0.126. The van der Waals surface area contributed by atoms with Gasteiger partial charge < -0.3 is 10.6 Å². The van der Waals surface area contributed by atoms with Gasteiger partial charge in [-0.05, 0) is 37.8 Å². The van der Waals surface area contributed by atoms with Crippen molar-refractivity contribution in [3.05, 3.63) is 29.6 Å². The summed E-state index contributed by atoms with van der Waals surface area (Å²) < 4.78 is 14.1. The fraction of sp³-hybridized carbons (Fsp3) is 0.625. The monoisotopic (exact) mass is 266 g/mol. The van der Waals surface area contributed by atoms with Crippen molar-refractivity contribution in [3.63, 3.8) is 0 Å².